The first-order valence-corrected chi connectivity index (χ1v) is 9.23. The third kappa shape index (κ3) is 4.52. The minimum absolute atomic E-state index is 0.0533. The van der Waals surface area contributed by atoms with Gasteiger partial charge in [0.2, 0.25) is 0 Å². The van der Waals surface area contributed by atoms with Crippen LogP contribution in [-0.4, -0.2) is 22.8 Å². The maximum absolute atomic E-state index is 12.2. The number of rotatable bonds is 4. The Morgan fingerprint density at radius 1 is 1.23 bits per heavy atom. The zero-order valence-electron chi connectivity index (χ0n) is 13.6. The molecule has 0 saturated carbocycles. The number of amides is 1. The smallest absolute Gasteiger partial charge is 0.264 e. The van der Waals surface area contributed by atoms with E-state index in [2.05, 4.69) is 10.3 Å². The van der Waals surface area contributed by atoms with Crippen LogP contribution in [0.4, 0.5) is 5.69 Å². The number of phenolic OH excluding ortho intramolecular Hbond substituents is 1. The van der Waals surface area contributed by atoms with Crippen molar-refractivity contribution >= 4 is 57.8 Å². The number of nitrogens with zero attached hydrogens (tertiary/aromatic N) is 1. The topological polar surface area (TPSA) is 70.9 Å². The van der Waals surface area contributed by atoms with Crippen molar-refractivity contribution in [3.8, 4) is 11.5 Å². The van der Waals surface area contributed by atoms with Gasteiger partial charge in [-0.15, -0.1) is 0 Å². The van der Waals surface area contributed by atoms with Gasteiger partial charge < -0.3 is 15.2 Å². The Morgan fingerprint density at radius 2 is 1.96 bits per heavy atom. The average Bonchev–Trinajstić information content (AvgIpc) is 2.89. The second-order valence-electron chi connectivity index (χ2n) is 5.27. The first kappa shape index (κ1) is 18.6. The summed E-state index contributed by atoms with van der Waals surface area (Å²) in [6, 6.07) is 9.82. The summed E-state index contributed by atoms with van der Waals surface area (Å²) in [5.74, 6) is 0.165. The molecule has 3 rings (SSSR count). The molecule has 0 atom stereocenters. The van der Waals surface area contributed by atoms with E-state index in [0.717, 1.165) is 5.56 Å². The predicted octanol–water partition coefficient (Wildman–Crippen LogP) is 4.99. The van der Waals surface area contributed by atoms with Crippen molar-refractivity contribution < 1.29 is 14.6 Å². The van der Waals surface area contributed by atoms with Crippen molar-refractivity contribution in [2.45, 2.75) is 6.92 Å². The molecule has 8 heteroatoms. The molecule has 0 unspecified atom stereocenters. The van der Waals surface area contributed by atoms with Crippen LogP contribution >= 0.6 is 35.0 Å². The van der Waals surface area contributed by atoms with E-state index in [1.165, 1.54) is 17.8 Å². The van der Waals surface area contributed by atoms with Crippen LogP contribution in [0.25, 0.3) is 6.08 Å². The highest BCUT2D eigenvalue weighted by atomic mass is 35.5. The lowest BCUT2D eigenvalue weighted by Gasteiger charge is -2.06. The molecule has 0 bridgehead atoms. The molecule has 1 fully saturated rings. The number of thioether (sulfide) groups is 1. The van der Waals surface area contributed by atoms with Crippen LogP contribution in [0, 0.1) is 0 Å². The maximum atomic E-state index is 12.2. The zero-order chi connectivity index (χ0) is 18.7. The largest absolute Gasteiger partial charge is 0.504 e. The summed E-state index contributed by atoms with van der Waals surface area (Å²) < 4.78 is 5.36. The predicted molar refractivity (Wildman–Crippen MR) is 107 cm³/mol. The first-order valence-electron chi connectivity index (χ1n) is 7.66. The van der Waals surface area contributed by atoms with Crippen LogP contribution in [0.2, 0.25) is 10.0 Å². The number of hydrogen-bond donors (Lipinski definition) is 2. The Hall–Kier alpha value is -2.15. The van der Waals surface area contributed by atoms with Crippen molar-refractivity contribution in [3.05, 3.63) is 56.9 Å². The second kappa shape index (κ2) is 8.03. The number of phenols is 1. The monoisotopic (exact) mass is 408 g/mol. The fraction of sp³-hybridized carbons (Fsp3) is 0.111. The Labute approximate surface area is 164 Å². The molecule has 1 aliphatic heterocycles. The maximum Gasteiger partial charge on any atom is 0.264 e. The normalized spacial score (nSPS) is 17.0. The number of benzene rings is 2. The molecule has 134 valence electrons. The Balaban J connectivity index is 1.84. The van der Waals surface area contributed by atoms with Crippen molar-refractivity contribution in [1.29, 1.82) is 0 Å². The molecule has 1 aliphatic rings. The molecule has 0 aliphatic carbocycles. The SMILES string of the molecule is CCOc1cc(/C=C2\SC(=Nc3cc(Cl)cc(Cl)c3)NC2=O)ccc1O. The fourth-order valence-electron chi connectivity index (χ4n) is 2.24. The van der Waals surface area contributed by atoms with Gasteiger partial charge in [-0.1, -0.05) is 29.3 Å². The van der Waals surface area contributed by atoms with Crippen LogP contribution < -0.4 is 10.1 Å². The van der Waals surface area contributed by atoms with E-state index in [0.29, 0.717) is 38.2 Å². The van der Waals surface area contributed by atoms with E-state index in [4.69, 9.17) is 27.9 Å². The molecule has 1 heterocycles. The quantitative estimate of drug-likeness (QED) is 0.698. The zero-order valence-corrected chi connectivity index (χ0v) is 16.0. The van der Waals surface area contributed by atoms with Gasteiger partial charge in [0.05, 0.1) is 17.2 Å². The standard InChI is InChI=1S/C18H14Cl2N2O3S/c1-2-25-15-5-10(3-4-14(15)23)6-16-17(24)22-18(26-16)21-13-8-11(19)7-12(20)9-13/h3-9,23H,2H2,1H3,(H,21,22,24)/b16-6-. The van der Waals surface area contributed by atoms with Gasteiger partial charge in [-0.25, -0.2) is 4.99 Å². The summed E-state index contributed by atoms with van der Waals surface area (Å²) in [6.07, 6.45) is 1.70. The van der Waals surface area contributed by atoms with Crippen LogP contribution in [0.5, 0.6) is 11.5 Å². The van der Waals surface area contributed by atoms with Gasteiger partial charge in [-0.2, -0.15) is 0 Å². The minimum atomic E-state index is -0.257. The summed E-state index contributed by atoms with van der Waals surface area (Å²) in [5.41, 5.74) is 1.28. The van der Waals surface area contributed by atoms with E-state index >= 15 is 0 Å². The number of aliphatic imine (C=N–C) groups is 1. The van der Waals surface area contributed by atoms with Crippen molar-refractivity contribution in [1.82, 2.24) is 5.32 Å². The number of ether oxygens (including phenoxy) is 1. The van der Waals surface area contributed by atoms with E-state index in [1.54, 1.807) is 36.4 Å². The summed E-state index contributed by atoms with van der Waals surface area (Å²) in [6.45, 7) is 2.26. The van der Waals surface area contributed by atoms with Gasteiger partial charge in [0.25, 0.3) is 5.91 Å². The van der Waals surface area contributed by atoms with Crippen LogP contribution in [-0.2, 0) is 4.79 Å². The van der Waals surface area contributed by atoms with Gasteiger partial charge in [-0.3, -0.25) is 4.79 Å². The number of carbonyl (C=O) groups excluding carboxylic acids is 1. The second-order valence-corrected chi connectivity index (χ2v) is 7.17. The highest BCUT2D eigenvalue weighted by Crippen LogP contribution is 2.32. The third-order valence-corrected chi connectivity index (χ3v) is 4.66. The number of hydrogen-bond acceptors (Lipinski definition) is 5. The first-order chi connectivity index (χ1) is 12.4. The molecule has 2 N–H and O–H groups in total. The summed E-state index contributed by atoms with van der Waals surface area (Å²) in [7, 11) is 0. The van der Waals surface area contributed by atoms with Crippen LogP contribution in [0.3, 0.4) is 0 Å². The molecule has 0 spiro atoms. The van der Waals surface area contributed by atoms with Crippen molar-refractivity contribution in [2.75, 3.05) is 6.61 Å². The Bertz CT molecular complexity index is 908. The van der Waals surface area contributed by atoms with Gasteiger partial charge in [0, 0.05) is 10.0 Å². The van der Waals surface area contributed by atoms with Crippen molar-refractivity contribution in [3.63, 3.8) is 0 Å². The van der Waals surface area contributed by atoms with E-state index in [1.807, 2.05) is 6.92 Å². The van der Waals surface area contributed by atoms with Gasteiger partial charge >= 0.3 is 0 Å². The molecule has 0 radical (unpaired) electrons. The number of aromatic hydroxyl groups is 1. The molecule has 2 aromatic carbocycles. The lowest BCUT2D eigenvalue weighted by atomic mass is 10.2. The van der Waals surface area contributed by atoms with E-state index in [9.17, 15) is 9.90 Å². The number of carbonyl (C=O) groups is 1. The number of amidine groups is 1. The molecular weight excluding hydrogens is 395 g/mol. The van der Waals surface area contributed by atoms with Gasteiger partial charge in [0.1, 0.15) is 0 Å². The van der Waals surface area contributed by atoms with Crippen LogP contribution in [0.1, 0.15) is 12.5 Å². The van der Waals surface area contributed by atoms with Gasteiger partial charge in [-0.05, 0) is 60.7 Å². The van der Waals surface area contributed by atoms with E-state index < -0.39 is 0 Å². The molecule has 5 nitrogen and oxygen atoms in total. The summed E-state index contributed by atoms with van der Waals surface area (Å²) >= 11 is 13.1. The molecule has 0 aromatic heterocycles. The fourth-order valence-corrected chi connectivity index (χ4v) is 3.60. The molecule has 1 amide bonds. The Kier molecular flexibility index (Phi) is 5.76. The lowest BCUT2D eigenvalue weighted by molar-refractivity contribution is -0.115. The molecule has 2 aromatic rings. The molecular formula is C18H14Cl2N2O3S. The molecule has 26 heavy (non-hydrogen) atoms. The highest BCUT2D eigenvalue weighted by Gasteiger charge is 2.24. The summed E-state index contributed by atoms with van der Waals surface area (Å²) in [5, 5.41) is 13.8. The highest BCUT2D eigenvalue weighted by molar-refractivity contribution is 8.18. The Morgan fingerprint density at radius 3 is 2.65 bits per heavy atom. The number of halogens is 2. The average molecular weight is 409 g/mol. The van der Waals surface area contributed by atoms with Crippen molar-refractivity contribution in [2.24, 2.45) is 4.99 Å². The van der Waals surface area contributed by atoms with Crippen LogP contribution in [0.15, 0.2) is 46.3 Å². The summed E-state index contributed by atoms with van der Waals surface area (Å²) in [4.78, 5) is 17.0. The lowest BCUT2D eigenvalue weighted by Crippen LogP contribution is -2.19. The third-order valence-electron chi connectivity index (χ3n) is 3.31. The molecule has 1 saturated heterocycles. The number of nitrogens with one attached hydrogen (secondary N) is 1. The minimum Gasteiger partial charge on any atom is -0.504 e. The van der Waals surface area contributed by atoms with Gasteiger partial charge in [0.15, 0.2) is 16.7 Å². The van der Waals surface area contributed by atoms with E-state index in [-0.39, 0.29) is 11.7 Å².